The summed E-state index contributed by atoms with van der Waals surface area (Å²) in [7, 11) is 5.62. The Kier molecular flexibility index (Phi) is 7.32. The lowest BCUT2D eigenvalue weighted by Gasteiger charge is -2.44. The van der Waals surface area contributed by atoms with Gasteiger partial charge in [-0.25, -0.2) is 8.78 Å². The number of likely N-dealkylation sites (N-methyl/N-ethyl adjacent to an activating group) is 1. The number of alkyl halides is 1. The summed E-state index contributed by atoms with van der Waals surface area (Å²) >= 11 is 0. The molecule has 2 saturated heterocycles. The molecule has 1 aromatic carbocycles. The van der Waals surface area contributed by atoms with Crippen molar-refractivity contribution in [2.75, 3.05) is 52.3 Å². The number of hydrogen-bond acceptors (Lipinski definition) is 8. The van der Waals surface area contributed by atoms with E-state index in [0.717, 1.165) is 78.2 Å². The van der Waals surface area contributed by atoms with Crippen molar-refractivity contribution in [3.63, 3.8) is 0 Å². The number of aryl methyl sites for hydroxylation is 1. The summed E-state index contributed by atoms with van der Waals surface area (Å²) in [6.45, 7) is 6.31. The average molecular weight is 647 g/mol. The van der Waals surface area contributed by atoms with Gasteiger partial charge in [-0.05, 0) is 69.8 Å². The third-order valence-corrected chi connectivity index (χ3v) is 11.6. The van der Waals surface area contributed by atoms with E-state index < -0.39 is 6.17 Å². The average Bonchev–Trinajstić information content (AvgIpc) is 3.73. The fourth-order valence-electron chi connectivity index (χ4n) is 9.11. The van der Waals surface area contributed by atoms with Crippen molar-refractivity contribution < 1.29 is 18.3 Å². The molecule has 3 aromatic rings. The zero-order chi connectivity index (χ0) is 32.7. The number of carbonyl (C=O) groups is 1. The fourth-order valence-corrected chi connectivity index (χ4v) is 9.11. The van der Waals surface area contributed by atoms with Crippen molar-refractivity contribution in [2.24, 2.45) is 0 Å². The number of hydrogen-bond donors (Lipinski definition) is 0. The van der Waals surface area contributed by atoms with Gasteiger partial charge in [-0.2, -0.15) is 15.1 Å². The lowest BCUT2D eigenvalue weighted by atomic mass is 9.81. The first kappa shape index (κ1) is 30.7. The Morgan fingerprint density at radius 1 is 1.11 bits per heavy atom. The minimum absolute atomic E-state index is 0.104. The maximum Gasteiger partial charge on any atom is 0.318 e. The van der Waals surface area contributed by atoms with Gasteiger partial charge in [-0.15, -0.1) is 0 Å². The highest BCUT2D eigenvalue weighted by Crippen LogP contribution is 2.49. The molecule has 12 heteroatoms. The van der Waals surface area contributed by atoms with Gasteiger partial charge in [-0.3, -0.25) is 19.3 Å². The quantitative estimate of drug-likeness (QED) is 0.412. The summed E-state index contributed by atoms with van der Waals surface area (Å²) in [6.07, 6.45) is 4.54. The molecule has 1 spiro atoms. The molecule has 10 nitrogen and oxygen atoms in total. The monoisotopic (exact) mass is 646 g/mol. The molecule has 2 fully saturated rings. The maximum absolute atomic E-state index is 15.0. The second-order valence-corrected chi connectivity index (χ2v) is 14.6. The van der Waals surface area contributed by atoms with E-state index in [4.69, 9.17) is 19.8 Å². The topological polar surface area (TPSA) is 82.9 Å². The van der Waals surface area contributed by atoms with Crippen LogP contribution in [0.5, 0.6) is 6.01 Å². The normalized spacial score (nSPS) is 27.0. The zero-order valence-electron chi connectivity index (χ0n) is 27.9. The van der Waals surface area contributed by atoms with Crippen LogP contribution in [0.4, 0.5) is 14.6 Å². The predicted octanol–water partition coefficient (Wildman–Crippen LogP) is 4.02. The van der Waals surface area contributed by atoms with Crippen LogP contribution in [0.1, 0.15) is 76.2 Å². The first-order valence-corrected chi connectivity index (χ1v) is 17.0. The van der Waals surface area contributed by atoms with Crippen molar-refractivity contribution in [1.29, 1.82) is 0 Å². The van der Waals surface area contributed by atoms with Crippen LogP contribution in [-0.4, -0.2) is 99.5 Å². The number of rotatable bonds is 5. The molecule has 0 unspecified atom stereocenters. The highest BCUT2D eigenvalue weighted by Gasteiger charge is 2.50. The van der Waals surface area contributed by atoms with Gasteiger partial charge < -0.3 is 14.5 Å². The third-order valence-electron chi connectivity index (χ3n) is 11.6. The van der Waals surface area contributed by atoms with Crippen LogP contribution < -0.4 is 9.64 Å². The molecule has 0 bridgehead atoms. The van der Waals surface area contributed by atoms with Crippen molar-refractivity contribution in [3.05, 3.63) is 63.4 Å². The number of halogens is 2. The van der Waals surface area contributed by atoms with Crippen molar-refractivity contribution in [3.8, 4) is 6.01 Å². The van der Waals surface area contributed by atoms with E-state index in [1.807, 2.05) is 17.7 Å². The smallest absolute Gasteiger partial charge is 0.318 e. The molecule has 250 valence electrons. The minimum Gasteiger partial charge on any atom is -0.461 e. The van der Waals surface area contributed by atoms with Crippen LogP contribution in [0.3, 0.4) is 0 Å². The first-order valence-electron chi connectivity index (χ1n) is 17.0. The van der Waals surface area contributed by atoms with Crippen molar-refractivity contribution in [2.45, 2.75) is 88.8 Å². The van der Waals surface area contributed by atoms with Gasteiger partial charge in [0, 0.05) is 64.2 Å². The highest BCUT2D eigenvalue weighted by molar-refractivity contribution is 5.93. The number of aromatic nitrogens is 4. The number of benzene rings is 1. The lowest BCUT2D eigenvalue weighted by Crippen LogP contribution is -2.48. The maximum atomic E-state index is 15.0. The Bertz CT molecular complexity index is 1740. The zero-order valence-corrected chi connectivity index (χ0v) is 27.9. The molecule has 2 aromatic heterocycles. The summed E-state index contributed by atoms with van der Waals surface area (Å²) in [6, 6.07) is 5.76. The molecular weight excluding hydrogens is 602 g/mol. The molecule has 3 atom stereocenters. The van der Waals surface area contributed by atoms with E-state index in [-0.39, 0.29) is 22.8 Å². The second kappa shape index (κ2) is 11.2. The summed E-state index contributed by atoms with van der Waals surface area (Å²) in [5, 5.41) is 4.73. The molecule has 47 heavy (non-hydrogen) atoms. The molecule has 0 radical (unpaired) electrons. The van der Waals surface area contributed by atoms with Gasteiger partial charge in [0.25, 0.3) is 5.91 Å². The summed E-state index contributed by atoms with van der Waals surface area (Å²) in [5.41, 5.74) is 5.51. The van der Waals surface area contributed by atoms with Crippen LogP contribution >= 0.6 is 0 Å². The van der Waals surface area contributed by atoms with Gasteiger partial charge in [0.05, 0.1) is 29.0 Å². The molecule has 6 heterocycles. The van der Waals surface area contributed by atoms with Gasteiger partial charge in [0.15, 0.2) is 5.69 Å². The van der Waals surface area contributed by atoms with Gasteiger partial charge in [0.2, 0.25) is 0 Å². The van der Waals surface area contributed by atoms with Crippen molar-refractivity contribution >= 4 is 11.7 Å². The summed E-state index contributed by atoms with van der Waals surface area (Å²) in [4.78, 5) is 31.6. The molecule has 4 aliphatic heterocycles. The summed E-state index contributed by atoms with van der Waals surface area (Å²) < 4.78 is 38.0. The lowest BCUT2D eigenvalue weighted by molar-refractivity contribution is 0.0820. The molecule has 8 rings (SSSR count). The summed E-state index contributed by atoms with van der Waals surface area (Å²) in [5.74, 6) is 0.583. The molecule has 1 aliphatic carbocycles. The minimum atomic E-state index is -0.841. The number of fused-ring (bicyclic) bond motifs is 5. The van der Waals surface area contributed by atoms with E-state index in [1.165, 1.54) is 0 Å². The largest absolute Gasteiger partial charge is 0.461 e. The van der Waals surface area contributed by atoms with E-state index in [0.29, 0.717) is 63.8 Å². The Morgan fingerprint density at radius 3 is 2.79 bits per heavy atom. The van der Waals surface area contributed by atoms with E-state index in [9.17, 15) is 13.6 Å². The molecule has 0 saturated carbocycles. The SMILES string of the molecule is Cc1c(C(=O)N(C)C)nn2c1CN(c1nc(OC[C@@]34CCCN3C[C@H](F)C4)nc3c1CN(C)[C@@]1(CCc4c(F)cccc41)C3)CCC2. The number of amides is 1. The number of carbonyl (C=O) groups excluding carboxylic acids is 1. The van der Waals surface area contributed by atoms with Crippen LogP contribution in [0, 0.1) is 12.7 Å². The number of anilines is 1. The van der Waals surface area contributed by atoms with Crippen LogP contribution in [0.25, 0.3) is 0 Å². The van der Waals surface area contributed by atoms with Crippen LogP contribution in [0.2, 0.25) is 0 Å². The standard InChI is InChI=1S/C35H44F2N8O2/c1-22-29-20-43(13-7-15-45(29)40-30(22)32(46)41(2)3)31-25-19-42(4)35(12-10-24-26(35)8-5-9-27(24)37)17-28(25)38-33(39-31)47-21-34-11-6-14-44(34)18-23(36)16-34/h5,8-9,23H,6-7,10-21H2,1-4H3/t23-,34+,35+/m1/s1. The van der Waals surface area contributed by atoms with E-state index in [1.54, 1.807) is 25.1 Å². The Hall–Kier alpha value is -3.64. The fraction of sp³-hybridized carbons (Fsp3) is 0.600. The van der Waals surface area contributed by atoms with Crippen molar-refractivity contribution in [1.82, 2.24) is 34.4 Å². The first-order chi connectivity index (χ1) is 22.6. The molecule has 5 aliphatic rings. The second-order valence-electron chi connectivity index (χ2n) is 14.6. The van der Waals surface area contributed by atoms with Gasteiger partial charge in [0.1, 0.15) is 24.4 Å². The highest BCUT2D eigenvalue weighted by atomic mass is 19.1. The van der Waals surface area contributed by atoms with Gasteiger partial charge >= 0.3 is 6.01 Å². The Balaban J connectivity index is 1.19. The Labute approximate surface area is 274 Å². The number of ether oxygens (including phenoxy) is 1. The van der Waals surface area contributed by atoms with E-state index >= 15 is 0 Å². The number of nitrogens with zero attached hydrogens (tertiary/aromatic N) is 8. The van der Waals surface area contributed by atoms with Gasteiger partial charge in [-0.1, -0.05) is 12.1 Å². The van der Waals surface area contributed by atoms with Crippen LogP contribution in [-0.2, 0) is 38.0 Å². The van der Waals surface area contributed by atoms with Crippen LogP contribution in [0.15, 0.2) is 18.2 Å². The molecule has 0 N–H and O–H groups in total. The predicted molar refractivity (Wildman–Crippen MR) is 173 cm³/mol. The third kappa shape index (κ3) is 4.84. The molecular formula is C35H44F2N8O2. The Morgan fingerprint density at radius 2 is 1.96 bits per heavy atom. The molecule has 1 amide bonds. The van der Waals surface area contributed by atoms with E-state index in [2.05, 4.69) is 27.8 Å².